The van der Waals surface area contributed by atoms with Crippen LogP contribution in [0.25, 0.3) is 0 Å². The molecule has 1 unspecified atom stereocenters. The van der Waals surface area contributed by atoms with Crippen molar-refractivity contribution in [1.82, 2.24) is 0 Å². The maximum absolute atomic E-state index is 12.2. The molecule has 1 atom stereocenters. The van der Waals surface area contributed by atoms with Crippen molar-refractivity contribution in [2.24, 2.45) is 0 Å². The topological polar surface area (TPSA) is 110 Å². The Hall–Kier alpha value is -2.58. The van der Waals surface area contributed by atoms with Crippen molar-refractivity contribution in [3.05, 3.63) is 53.6 Å². The highest BCUT2D eigenvalue weighted by molar-refractivity contribution is 7.81. The highest BCUT2D eigenvalue weighted by atomic mass is 32.3. The number of rotatable bonds is 3. The van der Waals surface area contributed by atoms with Crippen LogP contribution in [-0.2, 0) is 10.4 Å². The summed E-state index contributed by atoms with van der Waals surface area (Å²) in [7, 11) is -4.66. The Morgan fingerprint density at radius 3 is 2.48 bits per heavy atom. The number of hydrogen-bond acceptors (Lipinski definition) is 6. The smallest absolute Gasteiger partial charge is 0.446 e. The van der Waals surface area contributed by atoms with E-state index in [0.29, 0.717) is 11.1 Å². The molecule has 23 heavy (non-hydrogen) atoms. The zero-order valence-electron chi connectivity index (χ0n) is 11.7. The van der Waals surface area contributed by atoms with E-state index in [-0.39, 0.29) is 29.5 Å². The molecule has 7 nitrogen and oxygen atoms in total. The van der Waals surface area contributed by atoms with Crippen LogP contribution in [-0.4, -0.2) is 23.9 Å². The lowest BCUT2D eigenvalue weighted by atomic mass is 9.96. The standard InChI is InChI=1S/C15H12O7S/c16-10-3-1-9(2-4-10)14-8-13(17)12-6-5-11(7-15(12)21-14)22-23(18,19)20/h1-7,14,16H,8H2,(H,18,19,20). The van der Waals surface area contributed by atoms with E-state index in [2.05, 4.69) is 4.18 Å². The second-order valence-corrected chi connectivity index (χ2v) is 6.02. The molecule has 8 heteroatoms. The van der Waals surface area contributed by atoms with E-state index in [1.165, 1.54) is 30.3 Å². The third-order valence-electron chi connectivity index (χ3n) is 3.36. The van der Waals surface area contributed by atoms with Crippen LogP contribution in [0.15, 0.2) is 42.5 Å². The highest BCUT2D eigenvalue weighted by Crippen LogP contribution is 2.37. The van der Waals surface area contributed by atoms with Crippen molar-refractivity contribution in [2.75, 3.05) is 0 Å². The van der Waals surface area contributed by atoms with Gasteiger partial charge in [-0.25, -0.2) is 0 Å². The Morgan fingerprint density at radius 2 is 1.83 bits per heavy atom. The quantitative estimate of drug-likeness (QED) is 0.827. The predicted molar refractivity (Wildman–Crippen MR) is 79.0 cm³/mol. The Labute approximate surface area is 132 Å². The minimum absolute atomic E-state index is 0.0973. The van der Waals surface area contributed by atoms with Crippen LogP contribution >= 0.6 is 0 Å². The molecule has 2 N–H and O–H groups in total. The average Bonchev–Trinajstić information content (AvgIpc) is 2.45. The summed E-state index contributed by atoms with van der Waals surface area (Å²) in [6.45, 7) is 0. The van der Waals surface area contributed by atoms with Crippen molar-refractivity contribution >= 4 is 16.2 Å². The first kappa shape index (κ1) is 15.3. The zero-order valence-corrected chi connectivity index (χ0v) is 12.5. The summed E-state index contributed by atoms with van der Waals surface area (Å²) in [5.41, 5.74) is 1.01. The van der Waals surface area contributed by atoms with Gasteiger partial charge < -0.3 is 14.0 Å². The molecule has 0 saturated heterocycles. The SMILES string of the molecule is O=C1CC(c2ccc(O)cc2)Oc2cc(OS(=O)(=O)O)ccc21. The summed E-state index contributed by atoms with van der Waals surface area (Å²) < 4.78 is 40.3. The van der Waals surface area contributed by atoms with Crippen LogP contribution in [0.4, 0.5) is 0 Å². The van der Waals surface area contributed by atoms with E-state index in [1.807, 2.05) is 0 Å². The fraction of sp³-hybridized carbons (Fsp3) is 0.133. The van der Waals surface area contributed by atoms with Gasteiger partial charge in [-0.2, -0.15) is 8.42 Å². The fourth-order valence-electron chi connectivity index (χ4n) is 2.35. The molecule has 1 aliphatic heterocycles. The molecule has 1 heterocycles. The number of carbonyl (C=O) groups excluding carboxylic acids is 1. The fourth-order valence-corrected chi connectivity index (χ4v) is 2.70. The number of fused-ring (bicyclic) bond motifs is 1. The largest absolute Gasteiger partial charge is 0.508 e. The lowest BCUT2D eigenvalue weighted by molar-refractivity contribution is 0.0850. The van der Waals surface area contributed by atoms with Crippen LogP contribution in [0, 0.1) is 0 Å². The molecule has 2 aromatic rings. The zero-order chi connectivity index (χ0) is 16.6. The first-order valence-electron chi connectivity index (χ1n) is 6.61. The Morgan fingerprint density at radius 1 is 1.13 bits per heavy atom. The second kappa shape index (κ2) is 5.56. The summed E-state index contributed by atoms with van der Waals surface area (Å²) in [6.07, 6.45) is -0.437. The number of phenols is 1. The average molecular weight is 336 g/mol. The Bertz CT molecular complexity index is 856. The summed E-state index contributed by atoms with van der Waals surface area (Å²) in [6, 6.07) is 10.1. The van der Waals surface area contributed by atoms with Gasteiger partial charge in [-0.3, -0.25) is 9.35 Å². The molecule has 0 radical (unpaired) electrons. The van der Waals surface area contributed by atoms with Crippen LogP contribution in [0.5, 0.6) is 17.2 Å². The number of benzene rings is 2. The van der Waals surface area contributed by atoms with Crippen LogP contribution in [0.2, 0.25) is 0 Å². The molecule has 0 saturated carbocycles. The van der Waals surface area contributed by atoms with Crippen molar-refractivity contribution in [3.8, 4) is 17.2 Å². The molecule has 0 spiro atoms. The van der Waals surface area contributed by atoms with Gasteiger partial charge >= 0.3 is 10.4 Å². The molecule has 0 fully saturated rings. The highest BCUT2D eigenvalue weighted by Gasteiger charge is 2.28. The number of ether oxygens (including phenoxy) is 1. The number of phenolic OH excluding ortho intramolecular Hbond substituents is 1. The van der Waals surface area contributed by atoms with E-state index >= 15 is 0 Å². The van der Waals surface area contributed by atoms with Crippen molar-refractivity contribution in [1.29, 1.82) is 0 Å². The predicted octanol–water partition coefficient (Wildman–Crippen LogP) is 2.28. The molecule has 0 bridgehead atoms. The lowest BCUT2D eigenvalue weighted by Crippen LogP contribution is -2.20. The van der Waals surface area contributed by atoms with Crippen molar-refractivity contribution < 1.29 is 31.8 Å². The maximum Gasteiger partial charge on any atom is 0.446 e. The molecule has 1 aliphatic rings. The van der Waals surface area contributed by atoms with E-state index in [0.717, 1.165) is 0 Å². The van der Waals surface area contributed by atoms with E-state index in [9.17, 15) is 18.3 Å². The van der Waals surface area contributed by atoms with Crippen LogP contribution in [0.3, 0.4) is 0 Å². The summed E-state index contributed by atoms with van der Waals surface area (Å²) >= 11 is 0. The van der Waals surface area contributed by atoms with Gasteiger partial charge in [0.15, 0.2) is 5.78 Å². The Balaban J connectivity index is 1.92. The van der Waals surface area contributed by atoms with E-state index in [4.69, 9.17) is 9.29 Å². The first-order valence-corrected chi connectivity index (χ1v) is 7.98. The van der Waals surface area contributed by atoms with E-state index in [1.54, 1.807) is 12.1 Å². The monoisotopic (exact) mass is 336 g/mol. The molecular weight excluding hydrogens is 324 g/mol. The molecule has 0 aromatic heterocycles. The van der Waals surface area contributed by atoms with Crippen LogP contribution in [0.1, 0.15) is 28.4 Å². The van der Waals surface area contributed by atoms with Gasteiger partial charge in [-0.1, -0.05) is 12.1 Å². The van der Waals surface area contributed by atoms with E-state index < -0.39 is 16.5 Å². The minimum atomic E-state index is -4.66. The molecule has 120 valence electrons. The second-order valence-electron chi connectivity index (χ2n) is 4.99. The Kier molecular flexibility index (Phi) is 3.70. The summed E-state index contributed by atoms with van der Waals surface area (Å²) in [5, 5.41) is 9.30. The molecule has 2 aromatic carbocycles. The molecule has 0 aliphatic carbocycles. The van der Waals surface area contributed by atoms with Gasteiger partial charge in [0.25, 0.3) is 0 Å². The summed E-state index contributed by atoms with van der Waals surface area (Å²) in [4.78, 5) is 12.2. The van der Waals surface area contributed by atoms with Gasteiger partial charge in [-0.05, 0) is 29.8 Å². The normalized spacial score (nSPS) is 17.3. The lowest BCUT2D eigenvalue weighted by Gasteiger charge is -2.25. The molecular formula is C15H12O7S. The molecule has 0 amide bonds. The van der Waals surface area contributed by atoms with Gasteiger partial charge in [0.1, 0.15) is 23.4 Å². The van der Waals surface area contributed by atoms with Gasteiger partial charge in [0, 0.05) is 6.07 Å². The van der Waals surface area contributed by atoms with Crippen molar-refractivity contribution in [2.45, 2.75) is 12.5 Å². The maximum atomic E-state index is 12.2. The van der Waals surface area contributed by atoms with Gasteiger partial charge in [0.2, 0.25) is 0 Å². The number of hydrogen-bond donors (Lipinski definition) is 2. The van der Waals surface area contributed by atoms with Crippen molar-refractivity contribution in [3.63, 3.8) is 0 Å². The first-order chi connectivity index (χ1) is 10.8. The van der Waals surface area contributed by atoms with Gasteiger partial charge in [0.05, 0.1) is 12.0 Å². The van der Waals surface area contributed by atoms with Gasteiger partial charge in [-0.15, -0.1) is 0 Å². The van der Waals surface area contributed by atoms with Crippen LogP contribution < -0.4 is 8.92 Å². The number of carbonyl (C=O) groups is 1. The number of aromatic hydroxyl groups is 1. The minimum Gasteiger partial charge on any atom is -0.508 e. The summed E-state index contributed by atoms with van der Waals surface area (Å²) in [5.74, 6) is -0.0614. The third kappa shape index (κ3) is 3.43. The number of Topliss-reactive ketones (excluding diaryl/α,β-unsaturated/α-hetero) is 1. The molecule has 3 rings (SSSR count). The number of ketones is 1. The third-order valence-corrected chi connectivity index (χ3v) is 3.76.